The van der Waals surface area contributed by atoms with Gasteiger partial charge in [0.1, 0.15) is 5.76 Å². The van der Waals surface area contributed by atoms with Crippen LogP contribution in [0.1, 0.15) is 30.6 Å². The summed E-state index contributed by atoms with van der Waals surface area (Å²) < 4.78 is 5.27. The Morgan fingerprint density at radius 2 is 2.33 bits per heavy atom. The summed E-state index contributed by atoms with van der Waals surface area (Å²) in [4.78, 5) is 2.23. The number of aliphatic hydroxyl groups excluding tert-OH is 1. The van der Waals surface area contributed by atoms with Crippen molar-refractivity contribution in [3.05, 3.63) is 23.7 Å². The van der Waals surface area contributed by atoms with Crippen molar-refractivity contribution < 1.29 is 9.52 Å². The molecule has 1 aromatic heterocycles. The summed E-state index contributed by atoms with van der Waals surface area (Å²) in [5, 5.41) is 9.79. The number of nitrogens with zero attached hydrogens (tertiary/aromatic N) is 1. The minimum atomic E-state index is -0.151. The zero-order valence-corrected chi connectivity index (χ0v) is 9.44. The summed E-state index contributed by atoms with van der Waals surface area (Å²) in [6.07, 6.45) is 4.76. The summed E-state index contributed by atoms with van der Waals surface area (Å²) in [6.45, 7) is 2.85. The number of hydrogen-bond acceptors (Lipinski definition) is 3. The highest BCUT2D eigenvalue weighted by Crippen LogP contribution is 2.25. The number of aliphatic hydroxyl groups is 1. The fourth-order valence-electron chi connectivity index (χ4n) is 2.40. The smallest absolute Gasteiger partial charge is 0.105 e. The molecule has 2 rings (SSSR count). The summed E-state index contributed by atoms with van der Waals surface area (Å²) in [5.41, 5.74) is 1.22. The zero-order valence-electron chi connectivity index (χ0n) is 9.44. The Balaban J connectivity index is 1.97. The molecule has 0 spiro atoms. The summed E-state index contributed by atoms with van der Waals surface area (Å²) in [7, 11) is 2.08. The fraction of sp³-hybridized carbons (Fsp3) is 0.667. The van der Waals surface area contributed by atoms with E-state index in [9.17, 15) is 5.11 Å². The Morgan fingerprint density at radius 1 is 1.53 bits per heavy atom. The maximum absolute atomic E-state index is 9.79. The van der Waals surface area contributed by atoms with Crippen LogP contribution in [0.3, 0.4) is 0 Å². The monoisotopic (exact) mass is 209 g/mol. The van der Waals surface area contributed by atoms with Crippen molar-refractivity contribution in [2.24, 2.45) is 0 Å². The number of furan rings is 1. The highest BCUT2D eigenvalue weighted by atomic mass is 16.3. The second-order valence-electron chi connectivity index (χ2n) is 4.48. The molecule has 0 saturated heterocycles. The molecule has 0 radical (unpaired) electrons. The third kappa shape index (κ3) is 2.24. The third-order valence-electron chi connectivity index (χ3n) is 3.40. The number of aryl methyl sites for hydroxylation is 1. The van der Waals surface area contributed by atoms with Crippen molar-refractivity contribution in [2.75, 3.05) is 7.05 Å². The van der Waals surface area contributed by atoms with Crippen molar-refractivity contribution in [1.29, 1.82) is 0 Å². The van der Waals surface area contributed by atoms with E-state index in [1.807, 2.05) is 13.0 Å². The molecular weight excluding hydrogens is 190 g/mol. The van der Waals surface area contributed by atoms with Crippen LogP contribution in [-0.2, 0) is 6.54 Å². The average Bonchev–Trinajstić information content (AvgIpc) is 2.76. The van der Waals surface area contributed by atoms with E-state index < -0.39 is 0 Å². The van der Waals surface area contributed by atoms with Gasteiger partial charge in [-0.05, 0) is 39.3 Å². The highest BCUT2D eigenvalue weighted by molar-refractivity contribution is 5.15. The first-order valence-electron chi connectivity index (χ1n) is 5.60. The molecule has 3 nitrogen and oxygen atoms in total. The molecule has 2 atom stereocenters. The maximum Gasteiger partial charge on any atom is 0.105 e. The van der Waals surface area contributed by atoms with E-state index in [0.29, 0.717) is 6.04 Å². The Morgan fingerprint density at radius 3 is 2.87 bits per heavy atom. The molecule has 0 aliphatic heterocycles. The van der Waals surface area contributed by atoms with Crippen LogP contribution in [-0.4, -0.2) is 29.2 Å². The minimum Gasteiger partial charge on any atom is -0.469 e. The van der Waals surface area contributed by atoms with Crippen LogP contribution in [0.15, 0.2) is 16.7 Å². The van der Waals surface area contributed by atoms with Crippen LogP contribution in [0, 0.1) is 6.92 Å². The molecular formula is C12H19NO2. The fourth-order valence-corrected chi connectivity index (χ4v) is 2.40. The summed E-state index contributed by atoms with van der Waals surface area (Å²) >= 11 is 0. The lowest BCUT2D eigenvalue weighted by Gasteiger charge is -2.26. The molecule has 1 aliphatic rings. The first-order valence-corrected chi connectivity index (χ1v) is 5.60. The van der Waals surface area contributed by atoms with E-state index in [4.69, 9.17) is 4.42 Å². The molecule has 1 heterocycles. The van der Waals surface area contributed by atoms with Gasteiger partial charge in [-0.2, -0.15) is 0 Å². The molecule has 1 aromatic rings. The van der Waals surface area contributed by atoms with Gasteiger partial charge in [0.05, 0.1) is 12.4 Å². The van der Waals surface area contributed by atoms with Crippen molar-refractivity contribution in [1.82, 2.24) is 4.90 Å². The molecule has 0 aromatic carbocycles. The molecule has 0 bridgehead atoms. The number of likely N-dealkylation sites (N-methyl/N-ethyl adjacent to an activating group) is 1. The van der Waals surface area contributed by atoms with Crippen molar-refractivity contribution >= 4 is 0 Å². The Labute approximate surface area is 90.7 Å². The minimum absolute atomic E-state index is 0.151. The van der Waals surface area contributed by atoms with Gasteiger partial charge in [-0.3, -0.25) is 4.90 Å². The average molecular weight is 209 g/mol. The molecule has 84 valence electrons. The molecule has 0 amide bonds. The second kappa shape index (κ2) is 4.37. The van der Waals surface area contributed by atoms with E-state index in [1.165, 1.54) is 5.56 Å². The van der Waals surface area contributed by atoms with E-state index in [2.05, 4.69) is 11.9 Å². The van der Waals surface area contributed by atoms with Crippen LogP contribution in [0.4, 0.5) is 0 Å². The van der Waals surface area contributed by atoms with E-state index in [-0.39, 0.29) is 6.10 Å². The lowest BCUT2D eigenvalue weighted by Crippen LogP contribution is -2.37. The first-order chi connectivity index (χ1) is 7.18. The van der Waals surface area contributed by atoms with Crippen molar-refractivity contribution in [2.45, 2.75) is 44.9 Å². The van der Waals surface area contributed by atoms with Gasteiger partial charge in [-0.25, -0.2) is 0 Å². The SMILES string of the molecule is Cc1occc1CN(C)[C@H]1CCC[C@@H]1O. The lowest BCUT2D eigenvalue weighted by atomic mass is 10.1. The van der Waals surface area contributed by atoms with E-state index in [0.717, 1.165) is 31.6 Å². The first kappa shape index (κ1) is 10.7. The largest absolute Gasteiger partial charge is 0.469 e. The molecule has 1 saturated carbocycles. The van der Waals surface area contributed by atoms with Gasteiger partial charge in [-0.1, -0.05) is 0 Å². The Kier molecular flexibility index (Phi) is 3.12. The lowest BCUT2D eigenvalue weighted by molar-refractivity contribution is 0.0822. The van der Waals surface area contributed by atoms with Crippen LogP contribution in [0.5, 0.6) is 0 Å². The molecule has 0 unspecified atom stereocenters. The van der Waals surface area contributed by atoms with Crippen LogP contribution >= 0.6 is 0 Å². The van der Waals surface area contributed by atoms with Gasteiger partial charge in [-0.15, -0.1) is 0 Å². The van der Waals surface area contributed by atoms with Gasteiger partial charge in [0, 0.05) is 18.2 Å². The quantitative estimate of drug-likeness (QED) is 0.826. The van der Waals surface area contributed by atoms with Crippen LogP contribution in [0.2, 0.25) is 0 Å². The van der Waals surface area contributed by atoms with Gasteiger partial charge in [0.2, 0.25) is 0 Å². The Hall–Kier alpha value is -0.800. The van der Waals surface area contributed by atoms with Gasteiger partial charge in [0.15, 0.2) is 0 Å². The van der Waals surface area contributed by atoms with Crippen LogP contribution in [0.25, 0.3) is 0 Å². The zero-order chi connectivity index (χ0) is 10.8. The molecule has 1 aliphatic carbocycles. The molecule has 15 heavy (non-hydrogen) atoms. The van der Waals surface area contributed by atoms with Gasteiger partial charge >= 0.3 is 0 Å². The Bertz CT molecular complexity index is 321. The molecule has 1 N–H and O–H groups in total. The standard InChI is InChI=1S/C12H19NO2/c1-9-10(6-7-15-9)8-13(2)11-4-3-5-12(11)14/h6-7,11-12,14H,3-5,8H2,1-2H3/t11-,12-/m0/s1. The summed E-state index contributed by atoms with van der Waals surface area (Å²) in [6, 6.07) is 2.33. The summed E-state index contributed by atoms with van der Waals surface area (Å²) in [5.74, 6) is 0.981. The van der Waals surface area contributed by atoms with E-state index in [1.54, 1.807) is 6.26 Å². The maximum atomic E-state index is 9.79. The van der Waals surface area contributed by atoms with Gasteiger partial charge in [0.25, 0.3) is 0 Å². The van der Waals surface area contributed by atoms with Crippen molar-refractivity contribution in [3.63, 3.8) is 0 Å². The molecule has 3 heteroatoms. The second-order valence-corrected chi connectivity index (χ2v) is 4.48. The number of hydrogen-bond donors (Lipinski definition) is 1. The number of rotatable bonds is 3. The van der Waals surface area contributed by atoms with Crippen molar-refractivity contribution in [3.8, 4) is 0 Å². The topological polar surface area (TPSA) is 36.6 Å². The normalized spacial score (nSPS) is 26.4. The predicted octanol–water partition coefficient (Wildman–Crippen LogP) is 1.93. The molecule has 1 fully saturated rings. The highest BCUT2D eigenvalue weighted by Gasteiger charge is 2.28. The van der Waals surface area contributed by atoms with E-state index >= 15 is 0 Å². The third-order valence-corrected chi connectivity index (χ3v) is 3.40. The van der Waals surface area contributed by atoms with Crippen LogP contribution < -0.4 is 0 Å². The van der Waals surface area contributed by atoms with Gasteiger partial charge < -0.3 is 9.52 Å². The predicted molar refractivity (Wildman–Crippen MR) is 58.6 cm³/mol.